The van der Waals surface area contributed by atoms with Gasteiger partial charge in [-0.1, -0.05) is 0 Å². The molecule has 4 heteroatoms. The molecule has 0 amide bonds. The van der Waals surface area contributed by atoms with E-state index in [0.717, 1.165) is 24.1 Å². The second-order valence-corrected chi connectivity index (χ2v) is 3.89. The number of ketones is 1. The first kappa shape index (κ1) is 10.9. The van der Waals surface area contributed by atoms with E-state index in [9.17, 15) is 9.59 Å². The summed E-state index contributed by atoms with van der Waals surface area (Å²) in [7, 11) is 0. The van der Waals surface area contributed by atoms with Crippen molar-refractivity contribution in [3.63, 3.8) is 0 Å². The highest BCUT2D eigenvalue weighted by Gasteiger charge is 2.21. The van der Waals surface area contributed by atoms with Crippen molar-refractivity contribution in [2.75, 3.05) is 6.61 Å². The molecular formula is C12H15NO3. The molecule has 1 aromatic rings. The SMILES string of the molecule is CCOC(=O)Cn1ccc2c1CCCC2=O. The first-order valence-corrected chi connectivity index (χ1v) is 5.59. The predicted octanol–water partition coefficient (Wildman–Crippen LogP) is 1.57. The van der Waals surface area contributed by atoms with Gasteiger partial charge in [0, 0.05) is 23.9 Å². The lowest BCUT2D eigenvalue weighted by atomic mass is 9.97. The molecule has 16 heavy (non-hydrogen) atoms. The van der Waals surface area contributed by atoms with E-state index >= 15 is 0 Å². The molecule has 0 aromatic carbocycles. The number of hydrogen-bond acceptors (Lipinski definition) is 3. The van der Waals surface area contributed by atoms with E-state index in [0.29, 0.717) is 13.0 Å². The minimum Gasteiger partial charge on any atom is -0.465 e. The maximum atomic E-state index is 11.6. The second-order valence-electron chi connectivity index (χ2n) is 3.89. The van der Waals surface area contributed by atoms with E-state index in [1.165, 1.54) is 0 Å². The largest absolute Gasteiger partial charge is 0.465 e. The zero-order valence-corrected chi connectivity index (χ0v) is 9.36. The fourth-order valence-corrected chi connectivity index (χ4v) is 2.08. The molecule has 0 saturated carbocycles. The van der Waals surface area contributed by atoms with Crippen LogP contribution in [0.25, 0.3) is 0 Å². The van der Waals surface area contributed by atoms with Gasteiger partial charge in [-0.3, -0.25) is 9.59 Å². The molecule has 0 unspecified atom stereocenters. The molecule has 4 nitrogen and oxygen atoms in total. The average Bonchev–Trinajstić information content (AvgIpc) is 2.64. The van der Waals surface area contributed by atoms with Gasteiger partial charge in [-0.2, -0.15) is 0 Å². The summed E-state index contributed by atoms with van der Waals surface area (Å²) >= 11 is 0. The van der Waals surface area contributed by atoms with Crippen LogP contribution in [0.15, 0.2) is 12.3 Å². The number of Topliss-reactive ketones (excluding diaryl/α,β-unsaturated/α-hetero) is 1. The van der Waals surface area contributed by atoms with Crippen molar-refractivity contribution in [1.82, 2.24) is 4.57 Å². The third kappa shape index (κ3) is 2.01. The van der Waals surface area contributed by atoms with Crippen molar-refractivity contribution >= 4 is 11.8 Å². The van der Waals surface area contributed by atoms with Gasteiger partial charge >= 0.3 is 5.97 Å². The standard InChI is InChI=1S/C12H15NO3/c1-2-16-12(15)8-13-7-6-9-10(13)4-3-5-11(9)14/h6-7H,2-5,8H2,1H3. The van der Waals surface area contributed by atoms with E-state index in [1.54, 1.807) is 19.2 Å². The van der Waals surface area contributed by atoms with Gasteiger partial charge in [-0.05, 0) is 25.8 Å². The Kier molecular flexibility index (Phi) is 3.08. The number of aromatic nitrogens is 1. The Morgan fingerprint density at radius 1 is 1.50 bits per heavy atom. The summed E-state index contributed by atoms with van der Waals surface area (Å²) in [5.41, 5.74) is 1.75. The Morgan fingerprint density at radius 3 is 3.06 bits per heavy atom. The van der Waals surface area contributed by atoms with Crippen molar-refractivity contribution in [2.45, 2.75) is 32.7 Å². The van der Waals surface area contributed by atoms with Gasteiger partial charge in [-0.15, -0.1) is 0 Å². The summed E-state index contributed by atoms with van der Waals surface area (Å²) in [5.74, 6) is -0.0669. The van der Waals surface area contributed by atoms with Gasteiger partial charge in [0.15, 0.2) is 5.78 Å². The number of ether oxygens (including phenoxy) is 1. The quantitative estimate of drug-likeness (QED) is 0.728. The van der Waals surface area contributed by atoms with Crippen LogP contribution in [0, 0.1) is 0 Å². The molecule has 1 heterocycles. The fraction of sp³-hybridized carbons (Fsp3) is 0.500. The Labute approximate surface area is 94.2 Å². The van der Waals surface area contributed by atoms with E-state index in [-0.39, 0.29) is 18.3 Å². The van der Waals surface area contributed by atoms with Crippen molar-refractivity contribution < 1.29 is 14.3 Å². The lowest BCUT2D eigenvalue weighted by Gasteiger charge is -2.14. The summed E-state index contributed by atoms with van der Waals surface area (Å²) in [5, 5.41) is 0. The highest BCUT2D eigenvalue weighted by molar-refractivity contribution is 5.98. The van der Waals surface area contributed by atoms with Crippen molar-refractivity contribution in [1.29, 1.82) is 0 Å². The molecule has 0 spiro atoms. The summed E-state index contributed by atoms with van der Waals surface area (Å²) < 4.78 is 6.71. The van der Waals surface area contributed by atoms with Gasteiger partial charge in [0.25, 0.3) is 0 Å². The third-order valence-electron chi connectivity index (χ3n) is 2.80. The molecule has 0 aliphatic heterocycles. The number of rotatable bonds is 3. The van der Waals surface area contributed by atoms with Crippen LogP contribution in [-0.4, -0.2) is 22.9 Å². The molecule has 0 radical (unpaired) electrons. The number of carbonyl (C=O) groups is 2. The van der Waals surface area contributed by atoms with E-state index in [1.807, 2.05) is 4.57 Å². The highest BCUT2D eigenvalue weighted by atomic mass is 16.5. The summed E-state index contributed by atoms with van der Waals surface area (Å²) in [4.78, 5) is 22.9. The molecule has 86 valence electrons. The fourth-order valence-electron chi connectivity index (χ4n) is 2.08. The molecule has 1 aliphatic carbocycles. The smallest absolute Gasteiger partial charge is 0.325 e. The van der Waals surface area contributed by atoms with Crippen LogP contribution in [0.2, 0.25) is 0 Å². The maximum Gasteiger partial charge on any atom is 0.325 e. The lowest BCUT2D eigenvalue weighted by molar-refractivity contribution is -0.143. The van der Waals surface area contributed by atoms with E-state index < -0.39 is 0 Å². The summed E-state index contributed by atoms with van der Waals surface area (Å²) in [6, 6.07) is 1.80. The van der Waals surface area contributed by atoms with Crippen LogP contribution in [0.1, 0.15) is 35.8 Å². The van der Waals surface area contributed by atoms with Crippen LogP contribution in [0.5, 0.6) is 0 Å². The summed E-state index contributed by atoms with van der Waals surface area (Å²) in [6.45, 7) is 2.38. The van der Waals surface area contributed by atoms with E-state index in [2.05, 4.69) is 0 Å². The molecule has 0 atom stereocenters. The second kappa shape index (κ2) is 4.51. The molecule has 2 rings (SSSR count). The molecular weight excluding hydrogens is 206 g/mol. The van der Waals surface area contributed by atoms with Crippen molar-refractivity contribution in [3.8, 4) is 0 Å². The van der Waals surface area contributed by atoms with Crippen LogP contribution in [0.3, 0.4) is 0 Å². The Balaban J connectivity index is 2.17. The number of hydrogen-bond donors (Lipinski definition) is 0. The maximum absolute atomic E-state index is 11.6. The van der Waals surface area contributed by atoms with Crippen LogP contribution in [-0.2, 0) is 22.5 Å². The van der Waals surface area contributed by atoms with Crippen molar-refractivity contribution in [2.24, 2.45) is 0 Å². The molecule has 1 aliphatic rings. The molecule has 1 aromatic heterocycles. The third-order valence-corrected chi connectivity index (χ3v) is 2.80. The normalized spacial score (nSPS) is 14.7. The highest BCUT2D eigenvalue weighted by Crippen LogP contribution is 2.22. The van der Waals surface area contributed by atoms with Crippen LogP contribution < -0.4 is 0 Å². The van der Waals surface area contributed by atoms with Gasteiger partial charge in [-0.25, -0.2) is 0 Å². The topological polar surface area (TPSA) is 48.3 Å². The van der Waals surface area contributed by atoms with Crippen LogP contribution >= 0.6 is 0 Å². The monoisotopic (exact) mass is 221 g/mol. The lowest BCUT2D eigenvalue weighted by Crippen LogP contribution is -2.18. The van der Waals surface area contributed by atoms with Crippen molar-refractivity contribution in [3.05, 3.63) is 23.5 Å². The van der Waals surface area contributed by atoms with Crippen LogP contribution in [0.4, 0.5) is 0 Å². The minimum absolute atomic E-state index is 0.184. The van der Waals surface area contributed by atoms with Gasteiger partial charge < -0.3 is 9.30 Å². The number of nitrogens with zero attached hydrogens (tertiary/aromatic N) is 1. The Bertz CT molecular complexity index is 420. The molecule has 0 saturated heterocycles. The van der Waals surface area contributed by atoms with Gasteiger partial charge in [0.2, 0.25) is 0 Å². The molecule has 0 N–H and O–H groups in total. The number of carbonyl (C=O) groups excluding carboxylic acids is 2. The Morgan fingerprint density at radius 2 is 2.31 bits per heavy atom. The zero-order valence-electron chi connectivity index (χ0n) is 9.36. The average molecular weight is 221 g/mol. The number of fused-ring (bicyclic) bond motifs is 1. The predicted molar refractivity (Wildman–Crippen MR) is 58.3 cm³/mol. The first-order valence-electron chi connectivity index (χ1n) is 5.59. The van der Waals surface area contributed by atoms with Gasteiger partial charge in [0.05, 0.1) is 6.61 Å². The minimum atomic E-state index is -0.251. The summed E-state index contributed by atoms with van der Waals surface area (Å²) in [6.07, 6.45) is 4.16. The first-order chi connectivity index (χ1) is 7.72. The molecule has 0 bridgehead atoms. The Hall–Kier alpha value is -1.58. The molecule has 0 fully saturated rings. The zero-order chi connectivity index (χ0) is 11.5. The van der Waals surface area contributed by atoms with E-state index in [4.69, 9.17) is 4.74 Å². The number of esters is 1. The van der Waals surface area contributed by atoms with Gasteiger partial charge in [0.1, 0.15) is 6.54 Å².